The second-order valence-electron chi connectivity index (χ2n) is 4.54. The van der Waals surface area contributed by atoms with Crippen LogP contribution >= 0.6 is 11.8 Å². The molecule has 5 nitrogen and oxygen atoms in total. The normalized spacial score (nSPS) is 18.0. The van der Waals surface area contributed by atoms with Crippen LogP contribution in [0.2, 0.25) is 0 Å². The van der Waals surface area contributed by atoms with E-state index in [4.69, 9.17) is 5.11 Å². The van der Waals surface area contributed by atoms with Gasteiger partial charge in [-0.2, -0.15) is 11.8 Å². The van der Waals surface area contributed by atoms with Crippen molar-refractivity contribution in [2.24, 2.45) is 0 Å². The lowest BCUT2D eigenvalue weighted by Crippen LogP contribution is -2.43. The van der Waals surface area contributed by atoms with Gasteiger partial charge in [-0.3, -0.25) is 0 Å². The maximum atomic E-state index is 8.78. The van der Waals surface area contributed by atoms with E-state index in [-0.39, 0.29) is 6.61 Å². The minimum Gasteiger partial charge on any atom is -0.394 e. The van der Waals surface area contributed by atoms with Crippen LogP contribution in [-0.2, 0) is 13.1 Å². The van der Waals surface area contributed by atoms with E-state index in [0.717, 1.165) is 18.8 Å². The number of aliphatic hydroxyl groups is 1. The molecule has 1 aromatic rings. The zero-order valence-corrected chi connectivity index (χ0v) is 11.0. The summed E-state index contributed by atoms with van der Waals surface area (Å²) in [6, 6.07) is 0. The van der Waals surface area contributed by atoms with Crippen LogP contribution in [-0.4, -0.2) is 44.3 Å². The van der Waals surface area contributed by atoms with E-state index in [1.54, 1.807) is 4.68 Å². The fourth-order valence-electron chi connectivity index (χ4n) is 2.07. The van der Waals surface area contributed by atoms with Crippen molar-refractivity contribution in [2.75, 3.05) is 19.4 Å². The molecule has 1 fully saturated rings. The molecule has 0 aromatic carbocycles. The predicted molar refractivity (Wildman–Crippen MR) is 68.9 cm³/mol. The SMILES string of the molecule is CSC1(CNCc2cn(CCO)nn2)CCC1. The first kappa shape index (κ1) is 12.9. The summed E-state index contributed by atoms with van der Waals surface area (Å²) in [6.07, 6.45) is 8.07. The van der Waals surface area contributed by atoms with E-state index in [2.05, 4.69) is 21.9 Å². The molecular formula is C11H20N4OS. The van der Waals surface area contributed by atoms with Crippen molar-refractivity contribution in [1.82, 2.24) is 20.3 Å². The molecule has 0 unspecified atom stereocenters. The van der Waals surface area contributed by atoms with Crippen LogP contribution in [0.4, 0.5) is 0 Å². The van der Waals surface area contributed by atoms with E-state index in [1.165, 1.54) is 19.3 Å². The van der Waals surface area contributed by atoms with Gasteiger partial charge in [0.15, 0.2) is 0 Å². The Kier molecular flexibility index (Phi) is 4.42. The third-order valence-corrected chi connectivity index (χ3v) is 4.78. The fraction of sp³-hybridized carbons (Fsp3) is 0.818. The third-order valence-electron chi connectivity index (χ3n) is 3.37. The lowest BCUT2D eigenvalue weighted by Gasteiger charge is -2.40. The lowest BCUT2D eigenvalue weighted by atomic mass is 9.84. The molecule has 0 bridgehead atoms. The number of nitrogens with zero attached hydrogens (tertiary/aromatic N) is 3. The minimum atomic E-state index is 0.103. The van der Waals surface area contributed by atoms with Crippen molar-refractivity contribution in [1.29, 1.82) is 0 Å². The van der Waals surface area contributed by atoms with Gasteiger partial charge in [0.1, 0.15) is 0 Å². The second kappa shape index (κ2) is 5.84. The summed E-state index contributed by atoms with van der Waals surface area (Å²) in [5, 5.41) is 20.2. The molecule has 0 amide bonds. The number of nitrogens with one attached hydrogen (secondary N) is 1. The predicted octanol–water partition coefficient (Wildman–Crippen LogP) is 0.646. The molecule has 0 spiro atoms. The molecule has 0 saturated heterocycles. The van der Waals surface area contributed by atoms with E-state index in [1.807, 2.05) is 18.0 Å². The number of thioether (sulfide) groups is 1. The Hall–Kier alpha value is -0.590. The standard InChI is InChI=1S/C11H20N4OS/c1-17-11(3-2-4-11)9-12-7-10-8-15(5-6-16)14-13-10/h8,12,16H,2-7,9H2,1H3. The molecule has 1 aliphatic carbocycles. The van der Waals surface area contributed by atoms with Gasteiger partial charge in [0.05, 0.1) is 18.8 Å². The molecule has 2 N–H and O–H groups in total. The first-order valence-electron chi connectivity index (χ1n) is 6.04. The average Bonchev–Trinajstić information content (AvgIpc) is 2.71. The summed E-state index contributed by atoms with van der Waals surface area (Å²) < 4.78 is 2.13. The van der Waals surface area contributed by atoms with E-state index in [0.29, 0.717) is 11.3 Å². The largest absolute Gasteiger partial charge is 0.394 e. The zero-order valence-electron chi connectivity index (χ0n) is 10.2. The van der Waals surface area contributed by atoms with E-state index >= 15 is 0 Å². The topological polar surface area (TPSA) is 63.0 Å². The maximum absolute atomic E-state index is 8.78. The maximum Gasteiger partial charge on any atom is 0.0964 e. The highest BCUT2D eigenvalue weighted by molar-refractivity contribution is 8.00. The molecule has 1 saturated carbocycles. The Labute approximate surface area is 106 Å². The summed E-state index contributed by atoms with van der Waals surface area (Å²) in [7, 11) is 0. The minimum absolute atomic E-state index is 0.103. The number of aromatic nitrogens is 3. The van der Waals surface area contributed by atoms with Crippen LogP contribution in [0.3, 0.4) is 0 Å². The fourth-order valence-corrected chi connectivity index (χ4v) is 3.02. The van der Waals surface area contributed by atoms with Gasteiger partial charge in [0.25, 0.3) is 0 Å². The van der Waals surface area contributed by atoms with Crippen molar-refractivity contribution in [2.45, 2.75) is 37.1 Å². The first-order chi connectivity index (χ1) is 8.28. The number of aliphatic hydroxyl groups excluding tert-OH is 1. The van der Waals surface area contributed by atoms with Gasteiger partial charge in [0.2, 0.25) is 0 Å². The summed E-state index contributed by atoms with van der Waals surface area (Å²) in [5.74, 6) is 0. The summed E-state index contributed by atoms with van der Waals surface area (Å²) >= 11 is 1.97. The van der Waals surface area contributed by atoms with Crippen LogP contribution in [0.5, 0.6) is 0 Å². The lowest BCUT2D eigenvalue weighted by molar-refractivity contribution is 0.268. The molecule has 1 aliphatic rings. The smallest absolute Gasteiger partial charge is 0.0964 e. The van der Waals surface area contributed by atoms with Crippen LogP contribution in [0.15, 0.2) is 6.20 Å². The van der Waals surface area contributed by atoms with Crippen LogP contribution < -0.4 is 5.32 Å². The Morgan fingerprint density at radius 1 is 1.59 bits per heavy atom. The van der Waals surface area contributed by atoms with Gasteiger partial charge in [-0.1, -0.05) is 11.6 Å². The molecule has 2 rings (SSSR count). The highest BCUT2D eigenvalue weighted by atomic mass is 32.2. The second-order valence-corrected chi connectivity index (χ2v) is 5.82. The monoisotopic (exact) mass is 256 g/mol. The van der Waals surface area contributed by atoms with Crippen molar-refractivity contribution in [3.05, 3.63) is 11.9 Å². The highest BCUT2D eigenvalue weighted by Gasteiger charge is 2.35. The van der Waals surface area contributed by atoms with E-state index < -0.39 is 0 Å². The summed E-state index contributed by atoms with van der Waals surface area (Å²) in [6.45, 7) is 2.42. The van der Waals surface area contributed by atoms with Gasteiger partial charge < -0.3 is 10.4 Å². The van der Waals surface area contributed by atoms with Gasteiger partial charge >= 0.3 is 0 Å². The molecule has 6 heteroatoms. The van der Waals surface area contributed by atoms with Crippen LogP contribution in [0.25, 0.3) is 0 Å². The molecule has 0 atom stereocenters. The molecule has 1 heterocycles. The Bertz CT molecular complexity index is 345. The van der Waals surface area contributed by atoms with E-state index in [9.17, 15) is 0 Å². The molecule has 1 aromatic heterocycles. The third kappa shape index (κ3) is 3.20. The number of hydrogen-bond acceptors (Lipinski definition) is 5. The van der Waals surface area contributed by atoms with Crippen molar-refractivity contribution >= 4 is 11.8 Å². The van der Waals surface area contributed by atoms with Crippen LogP contribution in [0, 0.1) is 0 Å². The molecule has 17 heavy (non-hydrogen) atoms. The summed E-state index contributed by atoms with van der Waals surface area (Å²) in [5.41, 5.74) is 0.939. The molecule has 96 valence electrons. The van der Waals surface area contributed by atoms with Crippen molar-refractivity contribution in [3.63, 3.8) is 0 Å². The van der Waals surface area contributed by atoms with Gasteiger partial charge in [-0.25, -0.2) is 4.68 Å². The Balaban J connectivity index is 1.73. The highest BCUT2D eigenvalue weighted by Crippen LogP contribution is 2.42. The average molecular weight is 256 g/mol. The molecular weight excluding hydrogens is 236 g/mol. The molecule has 0 aliphatic heterocycles. The first-order valence-corrected chi connectivity index (χ1v) is 7.26. The number of hydrogen-bond donors (Lipinski definition) is 2. The number of rotatable bonds is 7. The Morgan fingerprint density at radius 3 is 3.00 bits per heavy atom. The van der Waals surface area contributed by atoms with Gasteiger partial charge in [-0.05, 0) is 19.1 Å². The quantitative estimate of drug-likeness (QED) is 0.750. The molecule has 0 radical (unpaired) electrons. The van der Waals surface area contributed by atoms with Crippen molar-refractivity contribution < 1.29 is 5.11 Å². The van der Waals surface area contributed by atoms with Gasteiger partial charge in [-0.15, -0.1) is 5.10 Å². The van der Waals surface area contributed by atoms with Crippen molar-refractivity contribution in [3.8, 4) is 0 Å². The van der Waals surface area contributed by atoms with Gasteiger partial charge in [0, 0.05) is 24.0 Å². The van der Waals surface area contributed by atoms with Crippen LogP contribution in [0.1, 0.15) is 25.0 Å². The Morgan fingerprint density at radius 2 is 2.41 bits per heavy atom. The zero-order chi connectivity index (χ0) is 12.1. The summed E-state index contributed by atoms with van der Waals surface area (Å²) in [4.78, 5) is 0.